The highest BCUT2D eigenvalue weighted by molar-refractivity contribution is 5.49. The lowest BCUT2D eigenvalue weighted by atomic mass is 9.99. The van der Waals surface area contributed by atoms with Crippen LogP contribution in [0, 0.1) is 0 Å². The Labute approximate surface area is 183 Å². The van der Waals surface area contributed by atoms with E-state index in [9.17, 15) is 4.79 Å². The molecule has 0 spiro atoms. The Hall–Kier alpha value is -2.74. The van der Waals surface area contributed by atoms with Crippen molar-refractivity contribution in [1.29, 1.82) is 0 Å². The van der Waals surface area contributed by atoms with Crippen LogP contribution in [0.1, 0.15) is 31.2 Å². The average molecular weight is 429 g/mol. The molecule has 2 aromatic rings. The van der Waals surface area contributed by atoms with E-state index in [1.165, 1.54) is 6.42 Å². The Morgan fingerprint density at radius 2 is 1.97 bits per heavy atom. The lowest BCUT2D eigenvalue weighted by Crippen LogP contribution is -2.41. The van der Waals surface area contributed by atoms with Crippen LogP contribution in [-0.2, 0) is 11.2 Å². The molecule has 0 bridgehead atoms. The highest BCUT2D eigenvalue weighted by atomic mass is 16.5. The first kappa shape index (κ1) is 21.5. The summed E-state index contributed by atoms with van der Waals surface area (Å²) < 4.78 is 16.6. The van der Waals surface area contributed by atoms with Gasteiger partial charge < -0.3 is 24.0 Å². The van der Waals surface area contributed by atoms with E-state index >= 15 is 0 Å². The lowest BCUT2D eigenvalue weighted by Gasteiger charge is -2.33. The number of nitrogens with one attached hydrogen (secondary N) is 1. The molecule has 1 atom stereocenters. The first-order chi connectivity index (χ1) is 15.2. The van der Waals surface area contributed by atoms with Gasteiger partial charge in [-0.1, -0.05) is 25.0 Å². The van der Waals surface area contributed by atoms with Gasteiger partial charge in [0.25, 0.3) is 5.56 Å². The first-order valence-corrected chi connectivity index (χ1v) is 11.1. The monoisotopic (exact) mass is 428 g/mol. The third-order valence-electron chi connectivity index (χ3n) is 6.14. The zero-order valence-corrected chi connectivity index (χ0v) is 18.4. The number of rotatable bonds is 6. The van der Waals surface area contributed by atoms with Crippen molar-refractivity contribution < 1.29 is 14.2 Å². The van der Waals surface area contributed by atoms with E-state index in [0.717, 1.165) is 68.2 Å². The van der Waals surface area contributed by atoms with Crippen molar-refractivity contribution in [2.24, 2.45) is 0 Å². The van der Waals surface area contributed by atoms with Crippen molar-refractivity contribution in [3.05, 3.63) is 40.2 Å². The molecule has 1 aromatic heterocycles. The van der Waals surface area contributed by atoms with Crippen LogP contribution in [0.3, 0.4) is 0 Å². The molecular formula is C23H32N4O4. The summed E-state index contributed by atoms with van der Waals surface area (Å²) in [5.74, 6) is 2.89. The number of hydrogen-bond donors (Lipinski definition) is 1. The fourth-order valence-electron chi connectivity index (χ4n) is 4.56. The summed E-state index contributed by atoms with van der Waals surface area (Å²) in [6.07, 6.45) is 5.24. The number of anilines is 2. The maximum Gasteiger partial charge on any atom is 0.254 e. The van der Waals surface area contributed by atoms with Gasteiger partial charge >= 0.3 is 0 Å². The molecule has 4 rings (SSSR count). The zero-order valence-electron chi connectivity index (χ0n) is 18.4. The molecule has 2 aliphatic rings. The predicted octanol–water partition coefficient (Wildman–Crippen LogP) is 2.62. The van der Waals surface area contributed by atoms with Gasteiger partial charge in [0.1, 0.15) is 5.82 Å². The molecule has 2 aliphatic heterocycles. The number of nitrogens with zero attached hydrogens (tertiary/aromatic N) is 3. The molecule has 1 aromatic carbocycles. The average Bonchev–Trinajstić information content (AvgIpc) is 3.04. The fourth-order valence-corrected chi connectivity index (χ4v) is 4.56. The smallest absolute Gasteiger partial charge is 0.254 e. The number of ether oxygens (including phenoxy) is 3. The summed E-state index contributed by atoms with van der Waals surface area (Å²) in [6, 6.07) is 7.80. The van der Waals surface area contributed by atoms with Gasteiger partial charge in [-0.3, -0.25) is 9.78 Å². The molecule has 0 radical (unpaired) electrons. The Balaban J connectivity index is 1.64. The van der Waals surface area contributed by atoms with Crippen molar-refractivity contribution in [1.82, 2.24) is 9.97 Å². The maximum absolute atomic E-state index is 12.5. The van der Waals surface area contributed by atoms with Crippen LogP contribution in [0.2, 0.25) is 0 Å². The molecule has 0 saturated carbocycles. The molecule has 2 fully saturated rings. The number of methoxy groups -OCH3 is 2. The summed E-state index contributed by atoms with van der Waals surface area (Å²) in [4.78, 5) is 24.8. The van der Waals surface area contributed by atoms with Crippen LogP contribution >= 0.6 is 0 Å². The number of morpholine rings is 1. The van der Waals surface area contributed by atoms with Gasteiger partial charge in [0.05, 0.1) is 27.4 Å². The van der Waals surface area contributed by atoms with Gasteiger partial charge in [-0.05, 0) is 25.3 Å². The SMILES string of the molecule is COc1cccc(C[C@H]2CCCCCN2c2nc(N3CCOCC3)cc(=O)[nH]2)c1OC. The Bertz CT molecular complexity index is 926. The number of hydrogen-bond acceptors (Lipinski definition) is 7. The van der Waals surface area contributed by atoms with Gasteiger partial charge in [-0.25, -0.2) is 0 Å². The van der Waals surface area contributed by atoms with Gasteiger partial charge in [0.15, 0.2) is 11.5 Å². The lowest BCUT2D eigenvalue weighted by molar-refractivity contribution is 0.122. The van der Waals surface area contributed by atoms with Crippen LogP contribution in [-0.4, -0.2) is 63.1 Å². The van der Waals surface area contributed by atoms with E-state index in [0.29, 0.717) is 19.2 Å². The maximum atomic E-state index is 12.5. The normalized spacial score (nSPS) is 19.7. The van der Waals surface area contributed by atoms with Crippen molar-refractivity contribution in [3.63, 3.8) is 0 Å². The second-order valence-electron chi connectivity index (χ2n) is 8.08. The van der Waals surface area contributed by atoms with E-state index in [1.54, 1.807) is 20.3 Å². The summed E-state index contributed by atoms with van der Waals surface area (Å²) >= 11 is 0. The number of aromatic amines is 1. The number of aromatic nitrogens is 2. The Morgan fingerprint density at radius 1 is 1.13 bits per heavy atom. The molecule has 2 saturated heterocycles. The van der Waals surface area contributed by atoms with Crippen molar-refractivity contribution in [3.8, 4) is 11.5 Å². The van der Waals surface area contributed by atoms with Gasteiger partial charge in [0.2, 0.25) is 5.95 Å². The molecule has 1 N–H and O–H groups in total. The quantitative estimate of drug-likeness (QED) is 0.758. The Morgan fingerprint density at radius 3 is 2.74 bits per heavy atom. The summed E-state index contributed by atoms with van der Waals surface area (Å²) in [5.41, 5.74) is 0.985. The van der Waals surface area contributed by atoms with E-state index in [-0.39, 0.29) is 11.6 Å². The molecule has 0 amide bonds. The van der Waals surface area contributed by atoms with Crippen LogP contribution in [0.5, 0.6) is 11.5 Å². The second-order valence-corrected chi connectivity index (χ2v) is 8.08. The van der Waals surface area contributed by atoms with E-state index < -0.39 is 0 Å². The number of para-hydroxylation sites is 1. The number of H-pyrrole nitrogens is 1. The van der Waals surface area contributed by atoms with E-state index in [1.807, 2.05) is 12.1 Å². The van der Waals surface area contributed by atoms with Crippen LogP contribution < -0.4 is 24.8 Å². The highest BCUT2D eigenvalue weighted by Gasteiger charge is 2.26. The molecule has 0 aliphatic carbocycles. The fraction of sp³-hybridized carbons (Fsp3) is 0.565. The predicted molar refractivity (Wildman–Crippen MR) is 121 cm³/mol. The van der Waals surface area contributed by atoms with Crippen LogP contribution in [0.4, 0.5) is 11.8 Å². The molecule has 168 valence electrons. The molecular weight excluding hydrogens is 396 g/mol. The molecule has 0 unspecified atom stereocenters. The van der Waals surface area contributed by atoms with E-state index in [4.69, 9.17) is 19.2 Å². The molecule has 8 heteroatoms. The first-order valence-electron chi connectivity index (χ1n) is 11.1. The summed E-state index contributed by atoms with van der Waals surface area (Å²) in [7, 11) is 3.34. The third-order valence-corrected chi connectivity index (χ3v) is 6.14. The minimum Gasteiger partial charge on any atom is -0.493 e. The number of benzene rings is 1. The topological polar surface area (TPSA) is 79.9 Å². The summed E-state index contributed by atoms with van der Waals surface area (Å²) in [6.45, 7) is 3.69. The van der Waals surface area contributed by atoms with Gasteiger partial charge in [0, 0.05) is 37.3 Å². The second kappa shape index (κ2) is 10.0. The minimum absolute atomic E-state index is 0.117. The van der Waals surface area contributed by atoms with Gasteiger partial charge in [-0.2, -0.15) is 4.98 Å². The van der Waals surface area contributed by atoms with Crippen molar-refractivity contribution >= 4 is 11.8 Å². The third kappa shape index (κ3) is 4.95. The van der Waals surface area contributed by atoms with Crippen LogP contribution in [0.25, 0.3) is 0 Å². The molecule has 3 heterocycles. The van der Waals surface area contributed by atoms with Crippen molar-refractivity contribution in [2.75, 3.05) is 56.9 Å². The standard InChI is InChI=1S/C23H32N4O4/c1-29-19-9-6-7-17(22(19)30-2)15-18-8-4-3-5-10-27(18)23-24-20(16-21(28)25-23)26-11-13-31-14-12-26/h6-7,9,16,18H,3-5,8,10-15H2,1-2H3,(H,24,25,28)/t18-/m1/s1. The largest absolute Gasteiger partial charge is 0.493 e. The zero-order chi connectivity index (χ0) is 21.6. The molecule has 8 nitrogen and oxygen atoms in total. The highest BCUT2D eigenvalue weighted by Crippen LogP contribution is 2.34. The van der Waals surface area contributed by atoms with Gasteiger partial charge in [-0.15, -0.1) is 0 Å². The summed E-state index contributed by atoms with van der Waals surface area (Å²) in [5, 5.41) is 0. The minimum atomic E-state index is -0.117. The molecule has 31 heavy (non-hydrogen) atoms. The Kier molecular flexibility index (Phi) is 6.96. The van der Waals surface area contributed by atoms with Crippen LogP contribution in [0.15, 0.2) is 29.1 Å². The van der Waals surface area contributed by atoms with Crippen molar-refractivity contribution in [2.45, 2.75) is 38.1 Å². The van der Waals surface area contributed by atoms with E-state index in [2.05, 4.69) is 20.9 Å².